The molecule has 0 amide bonds. The van der Waals surface area contributed by atoms with E-state index in [9.17, 15) is 14.4 Å². The van der Waals surface area contributed by atoms with Crippen LogP contribution in [-0.4, -0.2) is 37.2 Å². The first-order chi connectivity index (χ1) is 32.0. The zero-order valence-corrected chi connectivity index (χ0v) is 42.7. The minimum atomic E-state index is -0.803. The van der Waals surface area contributed by atoms with Gasteiger partial charge in [0.05, 0.1) is 0 Å². The van der Waals surface area contributed by atoms with Gasteiger partial charge in [0, 0.05) is 19.3 Å². The minimum Gasteiger partial charge on any atom is -0.462 e. The first kappa shape index (κ1) is 61.9. The fraction of sp³-hybridized carbons (Fsp3) is 0.746. The highest BCUT2D eigenvalue weighted by Crippen LogP contribution is 2.16. The van der Waals surface area contributed by atoms with E-state index in [0.29, 0.717) is 19.3 Å². The molecule has 0 fully saturated rings. The van der Waals surface area contributed by atoms with Crippen molar-refractivity contribution in [3.05, 3.63) is 72.9 Å². The van der Waals surface area contributed by atoms with Gasteiger partial charge < -0.3 is 14.2 Å². The Morgan fingerprint density at radius 1 is 0.323 bits per heavy atom. The summed E-state index contributed by atoms with van der Waals surface area (Å²) in [6.07, 6.45) is 67.6. The highest BCUT2D eigenvalue weighted by molar-refractivity contribution is 5.71. The Kier molecular flexibility index (Phi) is 50.9. The lowest BCUT2D eigenvalue weighted by Crippen LogP contribution is -2.30. The summed E-state index contributed by atoms with van der Waals surface area (Å²) in [7, 11) is 0. The third kappa shape index (κ3) is 51.7. The average molecular weight is 907 g/mol. The third-order valence-electron chi connectivity index (χ3n) is 11.8. The highest BCUT2D eigenvalue weighted by Gasteiger charge is 2.19. The van der Waals surface area contributed by atoms with E-state index in [1.807, 2.05) is 54.7 Å². The largest absolute Gasteiger partial charge is 0.462 e. The van der Waals surface area contributed by atoms with Crippen LogP contribution in [0, 0.1) is 0 Å². The molecule has 0 N–H and O–H groups in total. The van der Waals surface area contributed by atoms with Gasteiger partial charge in [-0.15, -0.1) is 0 Å². The van der Waals surface area contributed by atoms with Gasteiger partial charge in [-0.3, -0.25) is 14.4 Å². The first-order valence-corrected chi connectivity index (χ1v) is 27.5. The lowest BCUT2D eigenvalue weighted by Gasteiger charge is -2.18. The molecule has 374 valence electrons. The van der Waals surface area contributed by atoms with Gasteiger partial charge in [0.1, 0.15) is 13.2 Å². The Bertz CT molecular complexity index is 1230. The fourth-order valence-corrected chi connectivity index (χ4v) is 7.70. The van der Waals surface area contributed by atoms with Gasteiger partial charge in [-0.1, -0.05) is 261 Å². The summed E-state index contributed by atoms with van der Waals surface area (Å²) >= 11 is 0. The molecule has 0 aromatic heterocycles. The van der Waals surface area contributed by atoms with Crippen molar-refractivity contribution in [3.8, 4) is 0 Å². The van der Waals surface area contributed by atoms with Crippen LogP contribution in [0.5, 0.6) is 0 Å². The molecule has 0 aliphatic carbocycles. The zero-order chi connectivity index (χ0) is 47.2. The Labute approximate surface area is 402 Å². The molecule has 0 heterocycles. The van der Waals surface area contributed by atoms with Crippen molar-refractivity contribution in [2.24, 2.45) is 0 Å². The normalized spacial score (nSPS) is 12.6. The molecule has 65 heavy (non-hydrogen) atoms. The minimum absolute atomic E-state index is 0.0982. The summed E-state index contributed by atoms with van der Waals surface area (Å²) in [4.78, 5) is 38.0. The number of allylic oxidation sites excluding steroid dienone is 12. The Balaban J connectivity index is 4.42. The summed E-state index contributed by atoms with van der Waals surface area (Å²) < 4.78 is 16.8. The van der Waals surface area contributed by atoms with E-state index in [1.54, 1.807) is 0 Å². The number of ether oxygens (including phenoxy) is 3. The fourth-order valence-electron chi connectivity index (χ4n) is 7.70. The molecular formula is C59H102O6. The Hall–Kier alpha value is -3.15. The van der Waals surface area contributed by atoms with E-state index in [-0.39, 0.29) is 37.5 Å². The number of rotatable bonds is 49. The second-order valence-electron chi connectivity index (χ2n) is 18.2. The van der Waals surface area contributed by atoms with E-state index in [2.05, 4.69) is 39.0 Å². The lowest BCUT2D eigenvalue weighted by atomic mass is 10.0. The van der Waals surface area contributed by atoms with Gasteiger partial charge >= 0.3 is 17.9 Å². The number of unbranched alkanes of at least 4 members (excludes halogenated alkanes) is 30. The van der Waals surface area contributed by atoms with Crippen LogP contribution in [0.25, 0.3) is 0 Å². The molecule has 0 aliphatic rings. The average Bonchev–Trinajstić information content (AvgIpc) is 3.30. The van der Waals surface area contributed by atoms with Crippen molar-refractivity contribution >= 4 is 17.9 Å². The maximum atomic E-state index is 12.8. The van der Waals surface area contributed by atoms with Crippen molar-refractivity contribution < 1.29 is 28.6 Å². The molecule has 0 radical (unpaired) electrons. The summed E-state index contributed by atoms with van der Waals surface area (Å²) in [6, 6.07) is 0. The summed E-state index contributed by atoms with van der Waals surface area (Å²) in [5, 5.41) is 0. The second-order valence-corrected chi connectivity index (χ2v) is 18.2. The molecule has 0 spiro atoms. The monoisotopic (exact) mass is 907 g/mol. The Morgan fingerprint density at radius 2 is 0.631 bits per heavy atom. The third-order valence-corrected chi connectivity index (χ3v) is 11.8. The van der Waals surface area contributed by atoms with E-state index < -0.39 is 6.10 Å². The van der Waals surface area contributed by atoms with Gasteiger partial charge in [-0.25, -0.2) is 0 Å². The van der Waals surface area contributed by atoms with Gasteiger partial charge in [-0.2, -0.15) is 0 Å². The van der Waals surface area contributed by atoms with Crippen LogP contribution < -0.4 is 0 Å². The molecular weight excluding hydrogens is 805 g/mol. The molecule has 0 aliphatic heterocycles. The van der Waals surface area contributed by atoms with Crippen molar-refractivity contribution in [2.75, 3.05) is 13.2 Å². The predicted molar refractivity (Wildman–Crippen MR) is 279 cm³/mol. The topological polar surface area (TPSA) is 78.9 Å². The molecule has 6 heteroatoms. The van der Waals surface area contributed by atoms with Gasteiger partial charge in [0.2, 0.25) is 0 Å². The van der Waals surface area contributed by atoms with E-state index in [4.69, 9.17) is 14.2 Å². The van der Waals surface area contributed by atoms with Crippen molar-refractivity contribution in [2.45, 2.75) is 271 Å². The lowest BCUT2D eigenvalue weighted by molar-refractivity contribution is -0.167. The molecule has 0 saturated carbocycles. The standard InChI is InChI=1S/C59H102O6/c1-4-7-10-13-16-19-22-25-27-28-29-30-32-34-37-40-43-46-49-52-58(61)64-55-56(54-63-57(60)51-48-45-42-39-36-33-24-21-18-15-12-9-6-3)65-59(62)53-50-47-44-41-38-35-31-26-23-20-17-14-11-8-5-2/h9,12,15,18,21,24,28-29,33,36,39,42,56H,4-8,10-11,13-14,16-17,19-20,22-23,25-27,30-32,34-35,37-38,40-41,43-55H2,1-3H3/b12-9+,18-15+,24-21+,29-28+,36-33+,42-39+. The van der Waals surface area contributed by atoms with E-state index in [1.165, 1.54) is 167 Å². The number of hydrogen-bond donors (Lipinski definition) is 0. The zero-order valence-electron chi connectivity index (χ0n) is 42.7. The predicted octanol–water partition coefficient (Wildman–Crippen LogP) is 18.2. The van der Waals surface area contributed by atoms with Crippen LogP contribution in [0.4, 0.5) is 0 Å². The summed E-state index contributed by atoms with van der Waals surface area (Å²) in [6.45, 7) is 6.45. The van der Waals surface area contributed by atoms with Crippen LogP contribution >= 0.6 is 0 Å². The van der Waals surface area contributed by atoms with Crippen LogP contribution in [0.1, 0.15) is 265 Å². The first-order valence-electron chi connectivity index (χ1n) is 27.5. The van der Waals surface area contributed by atoms with Crippen molar-refractivity contribution in [1.82, 2.24) is 0 Å². The molecule has 6 nitrogen and oxygen atoms in total. The van der Waals surface area contributed by atoms with Crippen molar-refractivity contribution in [1.29, 1.82) is 0 Å². The Morgan fingerprint density at radius 3 is 1.03 bits per heavy atom. The van der Waals surface area contributed by atoms with Crippen LogP contribution in [0.15, 0.2) is 72.9 Å². The van der Waals surface area contributed by atoms with Gasteiger partial charge in [0.25, 0.3) is 0 Å². The number of carbonyl (C=O) groups is 3. The number of esters is 3. The highest BCUT2D eigenvalue weighted by atomic mass is 16.6. The van der Waals surface area contributed by atoms with E-state index in [0.717, 1.165) is 51.4 Å². The maximum absolute atomic E-state index is 12.8. The van der Waals surface area contributed by atoms with Crippen LogP contribution in [0.3, 0.4) is 0 Å². The van der Waals surface area contributed by atoms with Crippen LogP contribution in [-0.2, 0) is 28.6 Å². The maximum Gasteiger partial charge on any atom is 0.306 e. The molecule has 1 atom stereocenters. The van der Waals surface area contributed by atoms with Gasteiger partial charge in [-0.05, 0) is 57.8 Å². The molecule has 1 unspecified atom stereocenters. The molecule has 0 aromatic carbocycles. The van der Waals surface area contributed by atoms with Crippen molar-refractivity contribution in [3.63, 3.8) is 0 Å². The SMILES string of the molecule is CC/C=C/C=C/C=C/C=C/C=C/CCCC(=O)OCC(COC(=O)CCCCCCCCC/C=C/CCCCCCCCCC)OC(=O)CCCCCCCCCCCCCCCCC. The number of hydrogen-bond acceptors (Lipinski definition) is 6. The molecule has 0 bridgehead atoms. The summed E-state index contributed by atoms with van der Waals surface area (Å²) in [5.41, 5.74) is 0. The van der Waals surface area contributed by atoms with E-state index >= 15 is 0 Å². The molecule has 0 saturated heterocycles. The van der Waals surface area contributed by atoms with Crippen LogP contribution in [0.2, 0.25) is 0 Å². The second kappa shape index (κ2) is 53.5. The van der Waals surface area contributed by atoms with Gasteiger partial charge in [0.15, 0.2) is 6.10 Å². The molecule has 0 aromatic rings. The number of carbonyl (C=O) groups excluding carboxylic acids is 3. The smallest absolute Gasteiger partial charge is 0.306 e. The summed E-state index contributed by atoms with van der Waals surface area (Å²) in [5.74, 6) is -0.972. The molecule has 0 rings (SSSR count). The quantitative estimate of drug-likeness (QED) is 0.0199.